The van der Waals surface area contributed by atoms with Crippen LogP contribution in [-0.4, -0.2) is 33.6 Å². The van der Waals surface area contributed by atoms with E-state index in [1.165, 1.54) is 0 Å². The lowest BCUT2D eigenvalue weighted by Gasteiger charge is -2.24. The summed E-state index contributed by atoms with van der Waals surface area (Å²) in [5.41, 5.74) is -1.51. The third-order valence-electron chi connectivity index (χ3n) is 3.41. The number of hydrogen-bond acceptors (Lipinski definition) is 4. The molecule has 0 aliphatic heterocycles. The molecule has 25 heavy (non-hydrogen) atoms. The molecule has 0 saturated heterocycles. The lowest BCUT2D eigenvalue weighted by atomic mass is 9.93. The number of carbonyl (C=O) groups excluding carboxylic acids is 2. The molecule has 0 bridgehead atoms. The van der Waals surface area contributed by atoms with E-state index in [0.717, 1.165) is 0 Å². The summed E-state index contributed by atoms with van der Waals surface area (Å²) >= 11 is 0. The van der Waals surface area contributed by atoms with Gasteiger partial charge in [0.15, 0.2) is 5.60 Å². The number of nitrogens with one attached hydrogen (secondary N) is 2. The van der Waals surface area contributed by atoms with E-state index in [-0.39, 0.29) is 0 Å². The maximum atomic E-state index is 12.4. The van der Waals surface area contributed by atoms with Gasteiger partial charge in [0.2, 0.25) is 5.91 Å². The summed E-state index contributed by atoms with van der Waals surface area (Å²) in [7, 11) is 0. The molecule has 0 spiro atoms. The number of carbonyl (C=O) groups is 3. The van der Waals surface area contributed by atoms with E-state index in [2.05, 4.69) is 10.6 Å². The Bertz CT molecular complexity index is 749. The van der Waals surface area contributed by atoms with E-state index >= 15 is 0 Å². The fourth-order valence-electron chi connectivity index (χ4n) is 2.23. The second-order valence-corrected chi connectivity index (χ2v) is 5.51. The zero-order chi connectivity index (χ0) is 18.3. The average molecular weight is 342 g/mol. The van der Waals surface area contributed by atoms with Gasteiger partial charge in [-0.05, 0) is 24.3 Å². The number of para-hydroxylation sites is 2. The van der Waals surface area contributed by atoms with Crippen molar-refractivity contribution < 1.29 is 24.6 Å². The molecule has 2 aromatic carbocycles. The molecule has 130 valence electrons. The van der Waals surface area contributed by atoms with E-state index in [1.807, 2.05) is 0 Å². The Hall–Kier alpha value is -3.19. The van der Waals surface area contributed by atoms with Crippen LogP contribution in [0.2, 0.25) is 0 Å². The van der Waals surface area contributed by atoms with Crippen LogP contribution in [0.1, 0.15) is 12.8 Å². The zero-order valence-corrected chi connectivity index (χ0v) is 13.3. The lowest BCUT2D eigenvalue weighted by molar-refractivity contribution is -0.151. The summed E-state index contributed by atoms with van der Waals surface area (Å²) in [6.07, 6.45) is -1.58. The van der Waals surface area contributed by atoms with Gasteiger partial charge in [-0.25, -0.2) is 0 Å². The predicted molar refractivity (Wildman–Crippen MR) is 92.0 cm³/mol. The Balaban J connectivity index is 2.11. The van der Waals surface area contributed by atoms with Crippen LogP contribution in [0.15, 0.2) is 60.7 Å². The molecule has 2 aromatic rings. The number of carboxylic acids is 1. The first-order chi connectivity index (χ1) is 11.9. The maximum absolute atomic E-state index is 12.4. The highest BCUT2D eigenvalue weighted by Crippen LogP contribution is 2.20. The van der Waals surface area contributed by atoms with Crippen LogP contribution in [0.25, 0.3) is 0 Å². The van der Waals surface area contributed by atoms with Crippen molar-refractivity contribution in [1.29, 1.82) is 0 Å². The molecule has 0 heterocycles. The van der Waals surface area contributed by atoms with Crippen molar-refractivity contribution in [1.82, 2.24) is 0 Å². The highest BCUT2D eigenvalue weighted by atomic mass is 16.4. The molecule has 2 rings (SSSR count). The monoisotopic (exact) mass is 342 g/mol. The van der Waals surface area contributed by atoms with Gasteiger partial charge in [-0.1, -0.05) is 36.4 Å². The maximum Gasteiger partial charge on any atom is 0.306 e. The highest BCUT2D eigenvalue weighted by molar-refractivity contribution is 6.03. The van der Waals surface area contributed by atoms with Crippen molar-refractivity contribution in [3.63, 3.8) is 0 Å². The van der Waals surface area contributed by atoms with Crippen molar-refractivity contribution in [2.75, 3.05) is 10.6 Å². The third kappa shape index (κ3) is 5.43. The molecule has 1 unspecified atom stereocenters. The number of benzene rings is 2. The van der Waals surface area contributed by atoms with Crippen molar-refractivity contribution in [3.05, 3.63) is 60.7 Å². The fourth-order valence-corrected chi connectivity index (χ4v) is 2.23. The molecular formula is C18H18N2O5. The SMILES string of the molecule is O=C(O)CC(O)(CC(=O)Nc1ccccc1)C(=O)Nc1ccccc1. The summed E-state index contributed by atoms with van der Waals surface area (Å²) in [6, 6.07) is 16.7. The third-order valence-corrected chi connectivity index (χ3v) is 3.41. The van der Waals surface area contributed by atoms with Crippen molar-refractivity contribution in [2.45, 2.75) is 18.4 Å². The summed E-state index contributed by atoms with van der Waals surface area (Å²) in [5, 5.41) is 24.4. The van der Waals surface area contributed by atoms with Crippen molar-refractivity contribution in [3.8, 4) is 0 Å². The topological polar surface area (TPSA) is 116 Å². The fraction of sp³-hybridized carbons (Fsp3) is 0.167. The Morgan fingerprint density at radius 2 is 1.28 bits per heavy atom. The number of rotatable bonds is 7. The van der Waals surface area contributed by atoms with Gasteiger partial charge in [0.25, 0.3) is 5.91 Å². The minimum atomic E-state index is -2.37. The van der Waals surface area contributed by atoms with Gasteiger partial charge in [0.05, 0.1) is 12.8 Å². The molecule has 4 N–H and O–H groups in total. The van der Waals surface area contributed by atoms with E-state index in [1.54, 1.807) is 60.7 Å². The number of anilines is 2. The Morgan fingerprint density at radius 3 is 1.76 bits per heavy atom. The van der Waals surface area contributed by atoms with Crippen LogP contribution in [-0.2, 0) is 14.4 Å². The summed E-state index contributed by atoms with van der Waals surface area (Å²) in [6.45, 7) is 0. The number of aliphatic carboxylic acids is 1. The standard InChI is InChI=1S/C18H18N2O5/c21-15(19-13-7-3-1-4-8-13)11-18(25,12-16(22)23)17(24)20-14-9-5-2-6-10-14/h1-10,25H,11-12H2,(H,19,21)(H,20,24)(H,22,23). The van der Waals surface area contributed by atoms with Crippen molar-refractivity contribution in [2.24, 2.45) is 0 Å². The van der Waals surface area contributed by atoms with Crippen LogP contribution in [0, 0.1) is 0 Å². The molecule has 2 amide bonds. The molecule has 7 nitrogen and oxygen atoms in total. The minimum Gasteiger partial charge on any atom is -0.481 e. The number of carboxylic acid groups (broad SMARTS) is 1. The molecule has 0 fully saturated rings. The van der Waals surface area contributed by atoms with Crippen molar-refractivity contribution >= 4 is 29.2 Å². The van der Waals surface area contributed by atoms with Crippen LogP contribution in [0.3, 0.4) is 0 Å². The molecule has 7 heteroatoms. The quantitative estimate of drug-likeness (QED) is 0.613. The van der Waals surface area contributed by atoms with E-state index in [0.29, 0.717) is 11.4 Å². The molecule has 0 aliphatic rings. The van der Waals surface area contributed by atoms with Gasteiger partial charge in [-0.2, -0.15) is 0 Å². The molecule has 0 saturated carbocycles. The Labute approximate surface area is 144 Å². The van der Waals surface area contributed by atoms with Crippen LogP contribution in [0.5, 0.6) is 0 Å². The molecular weight excluding hydrogens is 324 g/mol. The van der Waals surface area contributed by atoms with E-state index in [9.17, 15) is 19.5 Å². The smallest absolute Gasteiger partial charge is 0.306 e. The summed E-state index contributed by atoms with van der Waals surface area (Å²) in [5.74, 6) is -3.01. The van der Waals surface area contributed by atoms with E-state index in [4.69, 9.17) is 5.11 Å². The van der Waals surface area contributed by atoms with Gasteiger partial charge < -0.3 is 20.8 Å². The Morgan fingerprint density at radius 1 is 0.800 bits per heavy atom. The van der Waals surface area contributed by atoms with Crippen LogP contribution >= 0.6 is 0 Å². The minimum absolute atomic E-state index is 0.389. The normalized spacial score (nSPS) is 12.7. The lowest BCUT2D eigenvalue weighted by Crippen LogP contribution is -2.47. The first kappa shape index (κ1) is 18.2. The average Bonchev–Trinajstić information content (AvgIpc) is 2.55. The van der Waals surface area contributed by atoms with Gasteiger partial charge >= 0.3 is 5.97 Å². The van der Waals surface area contributed by atoms with Crippen LogP contribution in [0.4, 0.5) is 11.4 Å². The summed E-state index contributed by atoms with van der Waals surface area (Å²) in [4.78, 5) is 35.5. The van der Waals surface area contributed by atoms with Gasteiger partial charge in [-0.3, -0.25) is 14.4 Å². The number of hydrogen-bond donors (Lipinski definition) is 4. The largest absolute Gasteiger partial charge is 0.481 e. The summed E-state index contributed by atoms with van der Waals surface area (Å²) < 4.78 is 0. The zero-order valence-electron chi connectivity index (χ0n) is 13.3. The first-order valence-electron chi connectivity index (χ1n) is 7.55. The van der Waals surface area contributed by atoms with Gasteiger partial charge in [0.1, 0.15) is 0 Å². The van der Waals surface area contributed by atoms with Crippen LogP contribution < -0.4 is 10.6 Å². The second-order valence-electron chi connectivity index (χ2n) is 5.51. The Kier molecular flexibility index (Phi) is 5.86. The molecule has 0 radical (unpaired) electrons. The first-order valence-corrected chi connectivity index (χ1v) is 7.55. The number of aliphatic hydroxyl groups is 1. The van der Waals surface area contributed by atoms with Gasteiger partial charge in [-0.15, -0.1) is 0 Å². The molecule has 1 atom stereocenters. The second kappa shape index (κ2) is 8.07. The number of amides is 2. The van der Waals surface area contributed by atoms with E-state index < -0.39 is 36.2 Å². The predicted octanol–water partition coefficient (Wildman–Crippen LogP) is 1.86. The molecule has 0 aliphatic carbocycles. The van der Waals surface area contributed by atoms with Gasteiger partial charge in [0, 0.05) is 11.4 Å². The molecule has 0 aromatic heterocycles. The highest BCUT2D eigenvalue weighted by Gasteiger charge is 2.40.